The van der Waals surface area contributed by atoms with Gasteiger partial charge in [-0.15, -0.1) is 0 Å². The first-order valence-electron chi connectivity index (χ1n) is 6.85. The Morgan fingerprint density at radius 2 is 1.79 bits per heavy atom. The Bertz CT molecular complexity index is 481. The van der Waals surface area contributed by atoms with E-state index in [1.165, 1.54) is 6.42 Å². The molecule has 0 saturated heterocycles. The molecule has 1 aromatic rings. The van der Waals surface area contributed by atoms with Crippen LogP contribution in [0.2, 0.25) is 0 Å². The van der Waals surface area contributed by atoms with Crippen LogP contribution in [-0.4, -0.2) is 6.10 Å². The normalized spacial score (nSPS) is 22.8. The van der Waals surface area contributed by atoms with E-state index in [4.69, 9.17) is 10.00 Å². The lowest BCUT2D eigenvalue weighted by Gasteiger charge is -2.21. The Kier molecular flexibility index (Phi) is 4.81. The Hall–Kier alpha value is -2.00. The number of nitriles is 2. The van der Waals surface area contributed by atoms with Crippen LogP contribution in [-0.2, 0) is 6.42 Å². The van der Waals surface area contributed by atoms with Gasteiger partial charge in [-0.05, 0) is 37.0 Å². The van der Waals surface area contributed by atoms with E-state index in [1.807, 2.05) is 24.3 Å². The second-order valence-corrected chi connectivity index (χ2v) is 5.01. The van der Waals surface area contributed by atoms with Gasteiger partial charge in [0.25, 0.3) is 0 Å². The summed E-state index contributed by atoms with van der Waals surface area (Å²) in [5.74, 6) is 0.801. The van der Waals surface area contributed by atoms with Crippen LogP contribution >= 0.6 is 0 Å². The van der Waals surface area contributed by atoms with Crippen molar-refractivity contribution in [3.05, 3.63) is 29.8 Å². The van der Waals surface area contributed by atoms with Crippen LogP contribution in [0, 0.1) is 28.6 Å². The molecule has 1 aliphatic carbocycles. The van der Waals surface area contributed by atoms with Crippen LogP contribution in [0.5, 0.6) is 5.75 Å². The van der Waals surface area contributed by atoms with E-state index < -0.39 is 0 Å². The zero-order chi connectivity index (χ0) is 13.5. The third kappa shape index (κ3) is 3.73. The predicted octanol–water partition coefficient (Wildman–Crippen LogP) is 3.60. The van der Waals surface area contributed by atoms with Crippen LogP contribution in [0.15, 0.2) is 24.3 Å². The summed E-state index contributed by atoms with van der Waals surface area (Å²) in [6, 6.07) is 12.1. The van der Waals surface area contributed by atoms with Crippen molar-refractivity contribution in [3.63, 3.8) is 0 Å². The maximum absolute atomic E-state index is 9.21. The monoisotopic (exact) mass is 254 g/mol. The zero-order valence-corrected chi connectivity index (χ0v) is 11.0. The van der Waals surface area contributed by atoms with Crippen LogP contribution in [0.3, 0.4) is 0 Å². The average Bonchev–Trinajstić information content (AvgIpc) is 2.66. The van der Waals surface area contributed by atoms with Crippen molar-refractivity contribution < 1.29 is 4.74 Å². The lowest BCUT2D eigenvalue weighted by Crippen LogP contribution is -2.24. The fourth-order valence-corrected chi connectivity index (χ4v) is 2.51. The number of ether oxygens (including phenoxy) is 1. The van der Waals surface area contributed by atoms with E-state index in [2.05, 4.69) is 12.1 Å². The highest BCUT2D eigenvalue weighted by molar-refractivity contribution is 5.29. The van der Waals surface area contributed by atoms with Crippen molar-refractivity contribution in [2.24, 2.45) is 5.92 Å². The van der Waals surface area contributed by atoms with Crippen molar-refractivity contribution in [3.8, 4) is 17.9 Å². The highest BCUT2D eigenvalue weighted by Gasteiger charge is 2.25. The molecule has 98 valence electrons. The molecule has 2 atom stereocenters. The lowest BCUT2D eigenvalue weighted by molar-refractivity contribution is 0.152. The number of hydrogen-bond donors (Lipinski definition) is 0. The summed E-state index contributed by atoms with van der Waals surface area (Å²) in [5.41, 5.74) is 0.993. The topological polar surface area (TPSA) is 56.8 Å². The fourth-order valence-electron chi connectivity index (χ4n) is 2.51. The van der Waals surface area contributed by atoms with E-state index in [0.717, 1.165) is 37.0 Å². The third-order valence-electron chi connectivity index (χ3n) is 3.61. The van der Waals surface area contributed by atoms with E-state index >= 15 is 0 Å². The molecule has 0 heterocycles. The molecule has 3 heteroatoms. The smallest absolute Gasteiger partial charge is 0.119 e. The minimum Gasteiger partial charge on any atom is -0.489 e. The zero-order valence-electron chi connectivity index (χ0n) is 11.0. The van der Waals surface area contributed by atoms with Gasteiger partial charge in [-0.25, -0.2) is 0 Å². The first-order valence-corrected chi connectivity index (χ1v) is 6.85. The number of rotatable bonds is 3. The van der Waals surface area contributed by atoms with E-state index in [-0.39, 0.29) is 12.0 Å². The van der Waals surface area contributed by atoms with Crippen LogP contribution in [0.4, 0.5) is 0 Å². The Labute approximate surface area is 114 Å². The molecular weight excluding hydrogens is 236 g/mol. The molecule has 1 aliphatic rings. The number of hydrogen-bond acceptors (Lipinski definition) is 3. The van der Waals surface area contributed by atoms with Crippen molar-refractivity contribution in [1.29, 1.82) is 10.5 Å². The van der Waals surface area contributed by atoms with Gasteiger partial charge in [0.15, 0.2) is 0 Å². The van der Waals surface area contributed by atoms with Gasteiger partial charge in [0.1, 0.15) is 11.9 Å². The third-order valence-corrected chi connectivity index (χ3v) is 3.61. The van der Waals surface area contributed by atoms with Crippen LogP contribution in [0.1, 0.15) is 37.7 Å². The van der Waals surface area contributed by atoms with Crippen molar-refractivity contribution in [2.75, 3.05) is 0 Å². The van der Waals surface area contributed by atoms with Gasteiger partial charge in [0.05, 0.1) is 24.5 Å². The first-order chi connectivity index (χ1) is 9.33. The molecule has 0 bridgehead atoms. The summed E-state index contributed by atoms with van der Waals surface area (Å²) in [4.78, 5) is 0. The van der Waals surface area contributed by atoms with Crippen molar-refractivity contribution in [2.45, 2.75) is 44.6 Å². The van der Waals surface area contributed by atoms with Gasteiger partial charge < -0.3 is 4.74 Å². The molecule has 2 unspecified atom stereocenters. The van der Waals surface area contributed by atoms with E-state index in [0.29, 0.717) is 6.42 Å². The second-order valence-electron chi connectivity index (χ2n) is 5.01. The van der Waals surface area contributed by atoms with Crippen LogP contribution in [0.25, 0.3) is 0 Å². The maximum Gasteiger partial charge on any atom is 0.119 e. The number of nitrogens with zero attached hydrogens (tertiary/aromatic N) is 2. The minimum absolute atomic E-state index is 0.00119. The summed E-state index contributed by atoms with van der Waals surface area (Å²) in [7, 11) is 0. The molecule has 0 N–H and O–H groups in total. The highest BCUT2D eigenvalue weighted by atomic mass is 16.5. The van der Waals surface area contributed by atoms with Gasteiger partial charge in [-0.3, -0.25) is 0 Å². The maximum atomic E-state index is 9.21. The number of benzene rings is 1. The molecule has 0 amide bonds. The molecule has 3 nitrogen and oxygen atoms in total. The largest absolute Gasteiger partial charge is 0.489 e. The van der Waals surface area contributed by atoms with Crippen molar-refractivity contribution in [1.82, 2.24) is 0 Å². The molecule has 0 aromatic heterocycles. The molecule has 19 heavy (non-hydrogen) atoms. The molecule has 1 aromatic carbocycles. The fraction of sp³-hybridized carbons (Fsp3) is 0.500. The average molecular weight is 254 g/mol. The standard InChI is InChI=1S/C16H18N2O/c17-11-10-13-6-8-15(9-7-13)19-16-5-3-1-2-4-14(16)12-18/h6-9,14,16H,1-5,10H2. The molecule has 1 saturated carbocycles. The van der Waals surface area contributed by atoms with E-state index in [9.17, 15) is 5.26 Å². The minimum atomic E-state index is 0.00119. The summed E-state index contributed by atoms with van der Waals surface area (Å²) in [6.45, 7) is 0. The lowest BCUT2D eigenvalue weighted by atomic mass is 9.99. The summed E-state index contributed by atoms with van der Waals surface area (Å²) < 4.78 is 5.97. The van der Waals surface area contributed by atoms with Gasteiger partial charge in [-0.2, -0.15) is 10.5 Å². The van der Waals surface area contributed by atoms with Crippen LogP contribution < -0.4 is 4.74 Å². The van der Waals surface area contributed by atoms with Gasteiger partial charge in [-0.1, -0.05) is 25.0 Å². The SMILES string of the molecule is N#CCc1ccc(OC2CCCCCC2C#N)cc1. The quantitative estimate of drug-likeness (QED) is 0.774. The van der Waals surface area contributed by atoms with Gasteiger partial charge in [0, 0.05) is 0 Å². The predicted molar refractivity (Wildman–Crippen MR) is 72.4 cm³/mol. The first kappa shape index (κ1) is 13.4. The highest BCUT2D eigenvalue weighted by Crippen LogP contribution is 2.27. The Morgan fingerprint density at radius 3 is 2.47 bits per heavy atom. The molecular formula is C16H18N2O. The molecule has 1 fully saturated rings. The molecule has 0 aliphatic heterocycles. The van der Waals surface area contributed by atoms with Crippen molar-refractivity contribution >= 4 is 0 Å². The molecule has 0 radical (unpaired) electrons. The summed E-state index contributed by atoms with van der Waals surface area (Å²) in [6.07, 6.45) is 5.78. The molecule has 2 rings (SSSR count). The van der Waals surface area contributed by atoms with Gasteiger partial charge in [0.2, 0.25) is 0 Å². The van der Waals surface area contributed by atoms with Gasteiger partial charge >= 0.3 is 0 Å². The summed E-state index contributed by atoms with van der Waals surface area (Å²) >= 11 is 0. The molecule has 0 spiro atoms. The summed E-state index contributed by atoms with van der Waals surface area (Å²) in [5, 5.41) is 17.8. The second kappa shape index (κ2) is 6.81. The van der Waals surface area contributed by atoms with E-state index in [1.54, 1.807) is 0 Å². The Morgan fingerprint density at radius 1 is 1.05 bits per heavy atom. The Balaban J connectivity index is 2.02.